The van der Waals surface area contributed by atoms with Crippen LogP contribution in [0.2, 0.25) is 0 Å². The Balaban J connectivity index is 0.00000757. The number of nitrogens with zero attached hydrogens (tertiary/aromatic N) is 4. The zero-order valence-corrected chi connectivity index (χ0v) is 51.6. The molecule has 7 aromatic carbocycles. The van der Waals surface area contributed by atoms with Crippen molar-refractivity contribution in [2.24, 2.45) is 0 Å². The van der Waals surface area contributed by atoms with Gasteiger partial charge < -0.3 is 13.9 Å². The van der Waals surface area contributed by atoms with Gasteiger partial charge in [-0.05, 0) is 125 Å². The number of pyridine rings is 1. The number of para-hydroxylation sites is 1. The molecule has 0 fully saturated rings. The van der Waals surface area contributed by atoms with Crippen LogP contribution in [0, 0.1) is 18.5 Å². The molecular weight excluding hydrogens is 1140 g/mol. The van der Waals surface area contributed by atoms with Crippen LogP contribution in [-0.2, 0) is 42.7 Å². The molecule has 408 valence electrons. The van der Waals surface area contributed by atoms with Gasteiger partial charge in [-0.3, -0.25) is 4.57 Å². The molecule has 0 atom stereocenters. The smallest absolute Gasteiger partial charge is 0.267 e. The van der Waals surface area contributed by atoms with Crippen molar-refractivity contribution in [1.29, 1.82) is 0 Å². The van der Waals surface area contributed by atoms with E-state index in [1.807, 2.05) is 12.3 Å². The summed E-state index contributed by atoms with van der Waals surface area (Å²) >= 11 is 0. The van der Waals surface area contributed by atoms with Crippen molar-refractivity contribution in [2.75, 3.05) is 0 Å². The molecule has 0 amide bonds. The fourth-order valence-electron chi connectivity index (χ4n) is 11.3. The summed E-state index contributed by atoms with van der Waals surface area (Å²) in [6.07, 6.45) is 8.05. The third-order valence-electron chi connectivity index (χ3n) is 16.2. The molecule has 0 saturated heterocycles. The van der Waals surface area contributed by atoms with E-state index in [4.69, 9.17) is 9.72 Å². The quantitative estimate of drug-likeness (QED) is 0.0852. The van der Waals surface area contributed by atoms with Crippen LogP contribution in [0.4, 0.5) is 0 Å². The van der Waals surface area contributed by atoms with Gasteiger partial charge in [-0.1, -0.05) is 219 Å². The molecule has 0 spiro atoms. The van der Waals surface area contributed by atoms with Gasteiger partial charge in [0.15, 0.2) is 0 Å². The predicted octanol–water partition coefficient (Wildman–Crippen LogP) is 18.7. The maximum atomic E-state index is 7.14. The van der Waals surface area contributed by atoms with Crippen molar-refractivity contribution in [2.45, 2.75) is 150 Å². The Morgan fingerprint density at radius 3 is 1.71 bits per heavy atom. The van der Waals surface area contributed by atoms with Gasteiger partial charge >= 0.3 is 0 Å². The number of fused-ring (bicyclic) bond motifs is 3. The van der Waals surface area contributed by atoms with Gasteiger partial charge in [-0.25, -0.2) is 4.98 Å². The average Bonchev–Trinajstić information content (AvgIpc) is 4.26. The number of hydrogen-bond acceptors (Lipinski definition) is 2. The largest absolute Gasteiger partial charge is 0.510 e. The first kappa shape index (κ1) is 56.9. The van der Waals surface area contributed by atoms with E-state index in [9.17, 15) is 0 Å². The van der Waals surface area contributed by atoms with Crippen LogP contribution in [0.25, 0.3) is 50.1 Å². The van der Waals surface area contributed by atoms with Gasteiger partial charge in [0.25, 0.3) is 6.33 Å². The average molecular weight is 1220 g/mol. The van der Waals surface area contributed by atoms with Gasteiger partial charge in [-0.2, -0.15) is 12.1 Å². The van der Waals surface area contributed by atoms with Crippen LogP contribution in [0.1, 0.15) is 179 Å². The summed E-state index contributed by atoms with van der Waals surface area (Å²) in [6.45, 7) is 36.8. The molecule has 10 rings (SSSR count). The van der Waals surface area contributed by atoms with Gasteiger partial charge in [0.05, 0.1) is 11.4 Å². The monoisotopic (exact) mass is 1220 g/mol. The molecular formula is C73H78N4OPt-2. The predicted molar refractivity (Wildman–Crippen MR) is 325 cm³/mol. The summed E-state index contributed by atoms with van der Waals surface area (Å²) in [7, 11) is 0. The van der Waals surface area contributed by atoms with Gasteiger partial charge in [-0.15, -0.1) is 29.8 Å². The van der Waals surface area contributed by atoms with Crippen molar-refractivity contribution in [1.82, 2.24) is 14.1 Å². The van der Waals surface area contributed by atoms with Crippen LogP contribution >= 0.6 is 0 Å². The number of rotatable bonds is 13. The maximum absolute atomic E-state index is 7.14. The third kappa shape index (κ3) is 11.0. The topological polar surface area (TPSA) is 35.9 Å². The second-order valence-electron chi connectivity index (χ2n) is 25.6. The Bertz CT molecular complexity index is 3760. The first-order chi connectivity index (χ1) is 36.9. The molecule has 0 N–H and O–H groups in total. The standard InChI is InChI=1S/C73H78N4O.Pt/c1-47(2)51-36-61(48(3)4)68(62(37-51)49(5)6)50-34-35-74-67(38-50)77-64-33-24-23-32-60(64)69-63(72(13,14)52-26-19-17-20-27-52)43-59(44-65(69)77)78-58-31-25-30-56(42-58)76-46-75(45-66(76)73(15,16)53-28-21-18-22-29-53)57-40-54(70(7,8)9)39-55(41-57)71(10,11)12;/h17-41,43,45,47-49H,1-16H3;/q-2;. The molecule has 5 nitrogen and oxygen atoms in total. The normalized spacial score (nSPS) is 12.5. The minimum Gasteiger partial charge on any atom is -0.510 e. The van der Waals surface area contributed by atoms with Crippen molar-refractivity contribution in [3.05, 3.63) is 233 Å². The number of benzene rings is 7. The van der Waals surface area contributed by atoms with Gasteiger partial charge in [0.2, 0.25) is 0 Å². The Morgan fingerprint density at radius 2 is 1.13 bits per heavy atom. The number of aromatic nitrogens is 4. The number of imidazole rings is 1. The van der Waals surface area contributed by atoms with Crippen LogP contribution in [0.5, 0.6) is 11.5 Å². The number of ether oxygens (including phenoxy) is 1. The van der Waals surface area contributed by atoms with Crippen molar-refractivity contribution in [3.63, 3.8) is 0 Å². The zero-order chi connectivity index (χ0) is 55.6. The fraction of sp³-hybridized carbons (Fsp3) is 0.315. The summed E-state index contributed by atoms with van der Waals surface area (Å²) in [5.41, 5.74) is 16.6. The van der Waals surface area contributed by atoms with Gasteiger partial charge in [0, 0.05) is 55.9 Å². The van der Waals surface area contributed by atoms with E-state index in [1.54, 1.807) is 0 Å². The van der Waals surface area contributed by atoms with Gasteiger partial charge in [0.1, 0.15) is 5.82 Å². The van der Waals surface area contributed by atoms with E-state index in [1.165, 1.54) is 44.5 Å². The van der Waals surface area contributed by atoms with Crippen LogP contribution in [0.3, 0.4) is 0 Å². The third-order valence-corrected chi connectivity index (χ3v) is 16.2. The number of hydrogen-bond donors (Lipinski definition) is 0. The molecule has 3 aromatic heterocycles. The van der Waals surface area contributed by atoms with Crippen LogP contribution in [-0.4, -0.2) is 14.1 Å². The summed E-state index contributed by atoms with van der Waals surface area (Å²) in [4.78, 5) is 5.21. The Kier molecular flexibility index (Phi) is 15.6. The molecule has 3 heterocycles. The molecule has 6 heteroatoms. The van der Waals surface area contributed by atoms with E-state index in [-0.39, 0.29) is 31.9 Å². The summed E-state index contributed by atoms with van der Waals surface area (Å²) in [6, 6.07) is 62.6. The van der Waals surface area contributed by atoms with Crippen molar-refractivity contribution >= 4 is 21.8 Å². The molecule has 79 heavy (non-hydrogen) atoms. The van der Waals surface area contributed by atoms with Crippen LogP contribution in [0.15, 0.2) is 164 Å². The SMILES string of the molecule is CC(C)c1cc(C(C)C)c(-c2ccnc(-n3c4[c-]c(Oc5[c-]c(-n6[c-][n+](-c7cc(C(C)(C)C)cc(C(C)(C)C)c7)cc6C(C)(C)c6ccccc6)ccc5)cc(C(C)(C)c5ccccc5)c4c4ccccc43)c2)c(C(C)C)c1.[Pt]. The molecule has 0 aliphatic rings. The molecule has 0 bridgehead atoms. The van der Waals surface area contributed by atoms with E-state index in [2.05, 4.69) is 295 Å². The Hall–Kier alpha value is -6.81. The van der Waals surface area contributed by atoms with E-state index in [0.717, 1.165) is 55.8 Å². The molecule has 0 radical (unpaired) electrons. The van der Waals surface area contributed by atoms with E-state index >= 15 is 0 Å². The molecule has 0 aliphatic heterocycles. The maximum Gasteiger partial charge on any atom is 0.267 e. The van der Waals surface area contributed by atoms with Crippen molar-refractivity contribution < 1.29 is 30.4 Å². The molecule has 0 saturated carbocycles. The molecule has 0 aliphatic carbocycles. The molecule has 10 aromatic rings. The first-order valence-electron chi connectivity index (χ1n) is 28.1. The fourth-order valence-corrected chi connectivity index (χ4v) is 11.3. The Morgan fingerprint density at radius 1 is 0.544 bits per heavy atom. The van der Waals surface area contributed by atoms with E-state index < -0.39 is 10.8 Å². The second-order valence-corrected chi connectivity index (χ2v) is 25.6. The summed E-state index contributed by atoms with van der Waals surface area (Å²) in [5.74, 6) is 3.08. The second kappa shape index (κ2) is 21.7. The molecule has 0 unspecified atom stereocenters. The zero-order valence-electron chi connectivity index (χ0n) is 49.3. The summed E-state index contributed by atoms with van der Waals surface area (Å²) in [5, 5.41) is 2.25. The van der Waals surface area contributed by atoms with E-state index in [0.29, 0.717) is 29.3 Å². The first-order valence-corrected chi connectivity index (χ1v) is 28.1. The minimum absolute atomic E-state index is 0. The van der Waals surface area contributed by atoms with Crippen molar-refractivity contribution in [3.8, 4) is 39.8 Å². The van der Waals surface area contributed by atoms with Crippen LogP contribution < -0.4 is 9.30 Å². The minimum atomic E-state index is -0.443. The Labute approximate surface area is 486 Å². The summed E-state index contributed by atoms with van der Waals surface area (Å²) < 4.78 is 13.8.